The van der Waals surface area contributed by atoms with E-state index in [1.54, 1.807) is 6.92 Å². The Labute approximate surface area is 101 Å². The van der Waals surface area contributed by atoms with Crippen LogP contribution < -0.4 is 5.32 Å². The lowest BCUT2D eigenvalue weighted by atomic mass is 10.1. The highest BCUT2D eigenvalue weighted by Gasteiger charge is 2.09. The minimum absolute atomic E-state index is 0.115. The van der Waals surface area contributed by atoms with Crippen LogP contribution in [-0.4, -0.2) is 22.1 Å². The number of nitrogens with zero attached hydrogens (tertiary/aromatic N) is 1. The van der Waals surface area contributed by atoms with Crippen molar-refractivity contribution in [3.63, 3.8) is 0 Å². The lowest BCUT2D eigenvalue weighted by Crippen LogP contribution is -2.18. The van der Waals surface area contributed by atoms with E-state index in [1.807, 2.05) is 6.92 Å². The molecule has 90 valence electrons. The quantitative estimate of drug-likeness (QED) is 0.765. The van der Waals surface area contributed by atoms with Gasteiger partial charge in [-0.15, -0.1) is 6.42 Å². The van der Waals surface area contributed by atoms with Gasteiger partial charge in [0.25, 0.3) is 0 Å². The monoisotopic (exact) mass is 232 g/mol. The summed E-state index contributed by atoms with van der Waals surface area (Å²) in [4.78, 5) is 15.1. The van der Waals surface area contributed by atoms with Crippen molar-refractivity contribution in [1.29, 1.82) is 0 Å². The maximum absolute atomic E-state index is 10.9. The molecule has 4 heteroatoms. The molecule has 0 aliphatic heterocycles. The summed E-state index contributed by atoms with van der Waals surface area (Å²) in [6.45, 7) is 3.79. The Kier molecular flexibility index (Phi) is 4.53. The molecule has 2 N–H and O–H groups in total. The molecule has 1 heterocycles. The van der Waals surface area contributed by atoms with Gasteiger partial charge in [-0.25, -0.2) is 9.78 Å². The third kappa shape index (κ3) is 3.80. The summed E-state index contributed by atoms with van der Waals surface area (Å²) in [5, 5.41) is 12.0. The molecule has 0 saturated heterocycles. The highest BCUT2D eigenvalue weighted by atomic mass is 16.4. The number of hydrogen-bond donors (Lipinski definition) is 2. The predicted octanol–water partition coefficient (Wildman–Crippen LogP) is 2.30. The van der Waals surface area contributed by atoms with Gasteiger partial charge in [0, 0.05) is 5.69 Å². The number of carboxylic acids is 1. The van der Waals surface area contributed by atoms with Crippen molar-refractivity contribution in [1.82, 2.24) is 4.98 Å². The number of carboxylic acid groups (broad SMARTS) is 1. The summed E-state index contributed by atoms with van der Waals surface area (Å²) in [5.74, 6) is 2.17. The van der Waals surface area contributed by atoms with Gasteiger partial charge in [-0.2, -0.15) is 0 Å². The van der Waals surface area contributed by atoms with Crippen LogP contribution in [0.2, 0.25) is 0 Å². The molecule has 1 aromatic heterocycles. The Balaban J connectivity index is 2.91. The summed E-state index contributed by atoms with van der Waals surface area (Å²) >= 11 is 0. The molecule has 0 bridgehead atoms. The SMILES string of the molecule is C#CC(CCC)Nc1cc(C(=O)O)cc(C)n1. The molecule has 1 atom stereocenters. The first-order valence-corrected chi connectivity index (χ1v) is 5.51. The molecule has 4 nitrogen and oxygen atoms in total. The highest BCUT2D eigenvalue weighted by Crippen LogP contribution is 2.12. The second kappa shape index (κ2) is 5.90. The van der Waals surface area contributed by atoms with Gasteiger partial charge in [0.2, 0.25) is 0 Å². The van der Waals surface area contributed by atoms with E-state index in [2.05, 4.69) is 16.2 Å². The number of terminal acetylenes is 1. The van der Waals surface area contributed by atoms with E-state index < -0.39 is 5.97 Å². The third-order valence-corrected chi connectivity index (χ3v) is 2.30. The fraction of sp³-hybridized carbons (Fsp3) is 0.385. The van der Waals surface area contributed by atoms with Crippen molar-refractivity contribution in [2.24, 2.45) is 0 Å². The fourth-order valence-electron chi connectivity index (χ4n) is 1.53. The minimum atomic E-state index is -0.966. The maximum Gasteiger partial charge on any atom is 0.335 e. The van der Waals surface area contributed by atoms with Crippen LogP contribution in [-0.2, 0) is 0 Å². The molecule has 1 rings (SSSR count). The molecule has 0 aromatic carbocycles. The predicted molar refractivity (Wildman–Crippen MR) is 67.1 cm³/mol. The second-order valence-electron chi connectivity index (χ2n) is 3.84. The van der Waals surface area contributed by atoms with E-state index in [-0.39, 0.29) is 11.6 Å². The van der Waals surface area contributed by atoms with Crippen molar-refractivity contribution in [2.45, 2.75) is 32.7 Å². The Morgan fingerprint density at radius 1 is 1.65 bits per heavy atom. The molecule has 0 aliphatic carbocycles. The number of aryl methyl sites for hydroxylation is 1. The van der Waals surface area contributed by atoms with Crippen LogP contribution in [0, 0.1) is 19.3 Å². The van der Waals surface area contributed by atoms with Crippen molar-refractivity contribution in [3.05, 3.63) is 23.4 Å². The van der Waals surface area contributed by atoms with Crippen LogP contribution in [0.3, 0.4) is 0 Å². The highest BCUT2D eigenvalue weighted by molar-refractivity contribution is 5.88. The number of carbonyl (C=O) groups is 1. The topological polar surface area (TPSA) is 62.2 Å². The molecule has 0 saturated carbocycles. The first kappa shape index (κ1) is 13.0. The van der Waals surface area contributed by atoms with Gasteiger partial charge in [-0.3, -0.25) is 0 Å². The Hall–Kier alpha value is -2.02. The zero-order valence-corrected chi connectivity index (χ0v) is 10.0. The number of nitrogens with one attached hydrogen (secondary N) is 1. The molecule has 0 spiro atoms. The van der Waals surface area contributed by atoms with Crippen LogP contribution in [0.5, 0.6) is 0 Å². The summed E-state index contributed by atoms with van der Waals surface area (Å²) < 4.78 is 0. The summed E-state index contributed by atoms with van der Waals surface area (Å²) in [7, 11) is 0. The largest absolute Gasteiger partial charge is 0.478 e. The van der Waals surface area contributed by atoms with Crippen LogP contribution in [0.1, 0.15) is 35.8 Å². The fourth-order valence-corrected chi connectivity index (χ4v) is 1.53. The molecule has 1 unspecified atom stereocenters. The number of hydrogen-bond acceptors (Lipinski definition) is 3. The Morgan fingerprint density at radius 3 is 2.88 bits per heavy atom. The van der Waals surface area contributed by atoms with E-state index in [1.165, 1.54) is 12.1 Å². The smallest absolute Gasteiger partial charge is 0.335 e. The number of anilines is 1. The summed E-state index contributed by atoms with van der Waals surface area (Å²) in [6.07, 6.45) is 7.17. The molecule has 0 aliphatic rings. The van der Waals surface area contributed by atoms with E-state index in [0.29, 0.717) is 11.5 Å². The first-order valence-electron chi connectivity index (χ1n) is 5.51. The second-order valence-corrected chi connectivity index (χ2v) is 3.84. The van der Waals surface area contributed by atoms with E-state index in [4.69, 9.17) is 11.5 Å². The van der Waals surface area contributed by atoms with E-state index in [0.717, 1.165) is 12.8 Å². The van der Waals surface area contributed by atoms with Gasteiger partial charge in [0.1, 0.15) is 5.82 Å². The van der Waals surface area contributed by atoms with Crippen LogP contribution in [0.15, 0.2) is 12.1 Å². The van der Waals surface area contributed by atoms with Crippen LogP contribution in [0.25, 0.3) is 0 Å². The van der Waals surface area contributed by atoms with Crippen molar-refractivity contribution in [2.75, 3.05) is 5.32 Å². The number of rotatable bonds is 5. The molecule has 0 amide bonds. The Bertz CT molecular complexity index is 449. The molecule has 0 fully saturated rings. The van der Waals surface area contributed by atoms with Gasteiger partial charge >= 0.3 is 5.97 Å². The lowest BCUT2D eigenvalue weighted by molar-refractivity contribution is 0.0696. The van der Waals surface area contributed by atoms with Crippen molar-refractivity contribution >= 4 is 11.8 Å². The zero-order valence-electron chi connectivity index (χ0n) is 10.0. The standard InChI is InChI=1S/C13H16N2O2/c1-4-6-11(5-2)15-12-8-10(13(16)17)7-9(3)14-12/h2,7-8,11H,4,6H2,1,3H3,(H,14,15)(H,16,17). The number of pyridine rings is 1. The zero-order chi connectivity index (χ0) is 12.8. The normalized spacial score (nSPS) is 11.6. The van der Waals surface area contributed by atoms with Gasteiger partial charge in [-0.05, 0) is 25.5 Å². The first-order chi connectivity index (χ1) is 8.06. The summed E-state index contributed by atoms with van der Waals surface area (Å²) in [6, 6.07) is 2.91. The number of aromatic nitrogens is 1. The van der Waals surface area contributed by atoms with Crippen LogP contribution >= 0.6 is 0 Å². The minimum Gasteiger partial charge on any atom is -0.478 e. The molecule has 17 heavy (non-hydrogen) atoms. The van der Waals surface area contributed by atoms with Crippen molar-refractivity contribution in [3.8, 4) is 12.3 Å². The van der Waals surface area contributed by atoms with E-state index in [9.17, 15) is 4.79 Å². The third-order valence-electron chi connectivity index (χ3n) is 2.30. The van der Waals surface area contributed by atoms with Gasteiger partial charge in [0.05, 0.1) is 11.6 Å². The number of aromatic carboxylic acids is 1. The van der Waals surface area contributed by atoms with Crippen LogP contribution in [0.4, 0.5) is 5.82 Å². The summed E-state index contributed by atoms with van der Waals surface area (Å²) in [5.41, 5.74) is 0.868. The van der Waals surface area contributed by atoms with Gasteiger partial charge in [0.15, 0.2) is 0 Å². The lowest BCUT2D eigenvalue weighted by Gasteiger charge is -2.13. The maximum atomic E-state index is 10.9. The van der Waals surface area contributed by atoms with Crippen molar-refractivity contribution < 1.29 is 9.90 Å². The average Bonchev–Trinajstić information content (AvgIpc) is 2.27. The Morgan fingerprint density at radius 2 is 2.35 bits per heavy atom. The van der Waals surface area contributed by atoms with Gasteiger partial charge in [-0.1, -0.05) is 19.3 Å². The molecule has 0 radical (unpaired) electrons. The van der Waals surface area contributed by atoms with E-state index >= 15 is 0 Å². The molecular formula is C13H16N2O2. The van der Waals surface area contributed by atoms with Gasteiger partial charge < -0.3 is 10.4 Å². The molecule has 1 aromatic rings. The average molecular weight is 232 g/mol. The molecular weight excluding hydrogens is 216 g/mol.